The summed E-state index contributed by atoms with van der Waals surface area (Å²) < 4.78 is 5.89. The Bertz CT molecular complexity index is 1270. The lowest BCUT2D eigenvalue weighted by Gasteiger charge is -2.08. The number of nitrogens with zero attached hydrogens (tertiary/aromatic N) is 2. The first-order chi connectivity index (χ1) is 15.2. The molecule has 0 spiro atoms. The Kier molecular flexibility index (Phi) is 6.01. The molecular formula is C26H19N3O2. The normalized spacial score (nSPS) is 10.7. The number of carbonyl (C=O) groups is 1. The highest BCUT2D eigenvalue weighted by Gasteiger charge is 2.05. The summed E-state index contributed by atoms with van der Waals surface area (Å²) in [7, 11) is 0. The van der Waals surface area contributed by atoms with E-state index in [-0.39, 0.29) is 5.91 Å². The number of amides is 1. The zero-order chi connectivity index (χ0) is 21.5. The smallest absolute Gasteiger partial charge is 0.271 e. The summed E-state index contributed by atoms with van der Waals surface area (Å²) in [5.41, 5.74) is 5.34. The van der Waals surface area contributed by atoms with Crippen molar-refractivity contribution in [3.05, 3.63) is 113 Å². The zero-order valence-electron chi connectivity index (χ0n) is 16.7. The minimum atomic E-state index is -0.299. The van der Waals surface area contributed by atoms with E-state index in [4.69, 9.17) is 10.00 Å². The van der Waals surface area contributed by atoms with Crippen molar-refractivity contribution in [3.63, 3.8) is 0 Å². The maximum Gasteiger partial charge on any atom is 0.271 e. The first kappa shape index (κ1) is 19.9. The van der Waals surface area contributed by atoms with Crippen molar-refractivity contribution in [3.8, 4) is 11.8 Å². The summed E-state index contributed by atoms with van der Waals surface area (Å²) >= 11 is 0. The molecule has 0 aliphatic carbocycles. The molecule has 0 fully saturated rings. The van der Waals surface area contributed by atoms with E-state index in [1.165, 1.54) is 11.6 Å². The van der Waals surface area contributed by atoms with Crippen molar-refractivity contribution < 1.29 is 9.53 Å². The summed E-state index contributed by atoms with van der Waals surface area (Å²) in [5, 5.41) is 15.1. The van der Waals surface area contributed by atoms with Crippen LogP contribution < -0.4 is 10.2 Å². The van der Waals surface area contributed by atoms with Gasteiger partial charge < -0.3 is 4.74 Å². The molecule has 0 saturated heterocycles. The fourth-order valence-electron chi connectivity index (χ4n) is 3.05. The first-order valence-corrected chi connectivity index (χ1v) is 9.75. The standard InChI is InChI=1S/C26H19N3O2/c27-16-19-5-7-20(8-6-19)17-28-29-26(30)23-11-9-21(10-12-23)18-31-25-14-13-22-3-1-2-4-24(22)15-25/h1-15,17H,18H2,(H,29,30)/b28-17-. The number of fused-ring (bicyclic) bond motifs is 1. The molecular weight excluding hydrogens is 386 g/mol. The predicted molar refractivity (Wildman–Crippen MR) is 121 cm³/mol. The number of hydrogen-bond acceptors (Lipinski definition) is 4. The van der Waals surface area contributed by atoms with Crippen LogP contribution in [0.1, 0.15) is 27.0 Å². The largest absolute Gasteiger partial charge is 0.489 e. The number of benzene rings is 4. The number of ether oxygens (including phenoxy) is 1. The molecule has 31 heavy (non-hydrogen) atoms. The van der Waals surface area contributed by atoms with Crippen LogP contribution >= 0.6 is 0 Å². The third kappa shape index (κ3) is 5.14. The van der Waals surface area contributed by atoms with E-state index in [0.717, 1.165) is 22.3 Å². The molecule has 0 aromatic heterocycles. The molecule has 0 aliphatic heterocycles. The van der Waals surface area contributed by atoms with Crippen molar-refractivity contribution in [2.45, 2.75) is 6.61 Å². The lowest BCUT2D eigenvalue weighted by atomic mass is 10.1. The summed E-state index contributed by atoms with van der Waals surface area (Å²) in [6.45, 7) is 0.414. The second-order valence-electron chi connectivity index (χ2n) is 6.93. The van der Waals surface area contributed by atoms with Gasteiger partial charge in [-0.15, -0.1) is 0 Å². The topological polar surface area (TPSA) is 74.5 Å². The molecule has 4 aromatic rings. The van der Waals surface area contributed by atoms with Gasteiger partial charge >= 0.3 is 0 Å². The van der Waals surface area contributed by atoms with Crippen LogP contribution in [0.25, 0.3) is 10.8 Å². The van der Waals surface area contributed by atoms with E-state index in [2.05, 4.69) is 28.7 Å². The van der Waals surface area contributed by atoms with Crippen molar-refractivity contribution in [2.75, 3.05) is 0 Å². The van der Waals surface area contributed by atoms with E-state index in [0.29, 0.717) is 17.7 Å². The molecule has 5 nitrogen and oxygen atoms in total. The average Bonchev–Trinajstić information content (AvgIpc) is 2.83. The van der Waals surface area contributed by atoms with Crippen molar-refractivity contribution in [1.29, 1.82) is 5.26 Å². The van der Waals surface area contributed by atoms with Crippen molar-refractivity contribution in [2.24, 2.45) is 5.10 Å². The van der Waals surface area contributed by atoms with Crippen LogP contribution in [0.15, 0.2) is 96.1 Å². The highest BCUT2D eigenvalue weighted by molar-refractivity contribution is 5.94. The second kappa shape index (κ2) is 9.38. The Labute approximate surface area is 180 Å². The minimum absolute atomic E-state index is 0.299. The Hall–Kier alpha value is -4.43. The van der Waals surface area contributed by atoms with E-state index < -0.39 is 0 Å². The monoisotopic (exact) mass is 405 g/mol. The highest BCUT2D eigenvalue weighted by atomic mass is 16.5. The van der Waals surface area contributed by atoms with Gasteiger partial charge in [0.15, 0.2) is 0 Å². The maximum absolute atomic E-state index is 12.3. The van der Waals surface area contributed by atoms with E-state index in [1.807, 2.05) is 42.5 Å². The number of carbonyl (C=O) groups excluding carboxylic acids is 1. The third-order valence-corrected chi connectivity index (χ3v) is 4.76. The number of hydrogen-bond donors (Lipinski definition) is 1. The van der Waals surface area contributed by atoms with Crippen molar-refractivity contribution >= 4 is 22.9 Å². The van der Waals surface area contributed by atoms with Gasteiger partial charge in [0.05, 0.1) is 17.8 Å². The van der Waals surface area contributed by atoms with Gasteiger partial charge in [0, 0.05) is 5.56 Å². The Morgan fingerprint density at radius 3 is 2.42 bits per heavy atom. The molecule has 0 saturated carbocycles. The van der Waals surface area contributed by atoms with Gasteiger partial charge in [-0.05, 0) is 58.3 Å². The van der Waals surface area contributed by atoms with Gasteiger partial charge in [0.2, 0.25) is 0 Å². The molecule has 0 heterocycles. The maximum atomic E-state index is 12.3. The molecule has 0 radical (unpaired) electrons. The molecule has 4 rings (SSSR count). The first-order valence-electron chi connectivity index (χ1n) is 9.75. The van der Waals surface area contributed by atoms with Gasteiger partial charge in [0.25, 0.3) is 5.91 Å². The molecule has 150 valence electrons. The fraction of sp³-hybridized carbons (Fsp3) is 0.0385. The van der Waals surface area contributed by atoms with Crippen LogP contribution in [0.4, 0.5) is 0 Å². The average molecular weight is 405 g/mol. The third-order valence-electron chi connectivity index (χ3n) is 4.76. The second-order valence-corrected chi connectivity index (χ2v) is 6.93. The Balaban J connectivity index is 1.31. The van der Waals surface area contributed by atoms with Crippen molar-refractivity contribution in [1.82, 2.24) is 5.43 Å². The molecule has 5 heteroatoms. The Morgan fingerprint density at radius 2 is 1.68 bits per heavy atom. The number of rotatable bonds is 6. The summed E-state index contributed by atoms with van der Waals surface area (Å²) in [4.78, 5) is 12.3. The van der Waals surface area contributed by atoms with Gasteiger partial charge in [-0.1, -0.05) is 54.6 Å². The molecule has 4 aromatic carbocycles. The van der Waals surface area contributed by atoms with Crippen LogP contribution in [0.3, 0.4) is 0 Å². The molecule has 1 N–H and O–H groups in total. The number of nitriles is 1. The van der Waals surface area contributed by atoms with E-state index >= 15 is 0 Å². The molecule has 1 amide bonds. The summed E-state index contributed by atoms with van der Waals surface area (Å²) in [6, 6.07) is 30.3. The quantitative estimate of drug-likeness (QED) is 0.360. The van der Waals surface area contributed by atoms with Gasteiger partial charge in [-0.25, -0.2) is 5.43 Å². The van der Waals surface area contributed by atoms with Gasteiger partial charge in [-0.2, -0.15) is 10.4 Å². The zero-order valence-corrected chi connectivity index (χ0v) is 16.7. The fourth-order valence-corrected chi connectivity index (χ4v) is 3.05. The number of hydrazone groups is 1. The minimum Gasteiger partial charge on any atom is -0.489 e. The van der Waals surface area contributed by atoms with Gasteiger partial charge in [0.1, 0.15) is 12.4 Å². The van der Waals surface area contributed by atoms with Crippen LogP contribution in [0.5, 0.6) is 5.75 Å². The molecule has 0 unspecified atom stereocenters. The molecule has 0 aliphatic rings. The summed E-state index contributed by atoms with van der Waals surface area (Å²) in [6.07, 6.45) is 1.53. The van der Waals surface area contributed by atoms with E-state index in [9.17, 15) is 4.79 Å². The lowest BCUT2D eigenvalue weighted by Crippen LogP contribution is -2.17. The van der Waals surface area contributed by atoms with E-state index in [1.54, 1.807) is 36.4 Å². The lowest BCUT2D eigenvalue weighted by molar-refractivity contribution is 0.0955. The molecule has 0 bridgehead atoms. The van der Waals surface area contributed by atoms with Crippen LogP contribution in [0.2, 0.25) is 0 Å². The highest BCUT2D eigenvalue weighted by Crippen LogP contribution is 2.21. The SMILES string of the molecule is N#Cc1ccc(/C=N\NC(=O)c2ccc(COc3ccc4ccccc4c3)cc2)cc1. The van der Waals surface area contributed by atoms with Crippen LogP contribution in [0, 0.1) is 11.3 Å². The number of nitrogens with one attached hydrogen (secondary N) is 1. The summed E-state index contributed by atoms with van der Waals surface area (Å²) in [5.74, 6) is 0.504. The van der Waals surface area contributed by atoms with Crippen LogP contribution in [-0.2, 0) is 6.61 Å². The van der Waals surface area contributed by atoms with Crippen LogP contribution in [-0.4, -0.2) is 12.1 Å². The predicted octanol–water partition coefficient (Wildman–Crippen LogP) is 5.05. The molecule has 0 atom stereocenters. The van der Waals surface area contributed by atoms with Gasteiger partial charge in [-0.3, -0.25) is 4.79 Å². The Morgan fingerprint density at radius 1 is 0.935 bits per heavy atom.